The van der Waals surface area contributed by atoms with Crippen LogP contribution < -0.4 is 10.6 Å². The minimum absolute atomic E-state index is 0.311. The van der Waals surface area contributed by atoms with Gasteiger partial charge < -0.3 is 10.6 Å². The topological polar surface area (TPSA) is 39.7 Å². The molecule has 23 heavy (non-hydrogen) atoms. The van der Waals surface area contributed by atoms with Crippen LogP contribution in [0.25, 0.3) is 0 Å². The smallest absolute Gasteiger partial charge is 0.191 e. The van der Waals surface area contributed by atoms with E-state index in [-0.39, 0.29) is 6.67 Å². The van der Waals surface area contributed by atoms with Crippen molar-refractivity contribution in [2.24, 2.45) is 4.99 Å². The predicted octanol–water partition coefficient (Wildman–Crippen LogP) is 2.56. The normalized spacial score (nSPS) is 22.3. The molecule has 2 atom stereocenters. The second-order valence-corrected chi connectivity index (χ2v) is 6.14. The lowest BCUT2D eigenvalue weighted by molar-refractivity contribution is 0.258. The van der Waals surface area contributed by atoms with Gasteiger partial charge in [0.1, 0.15) is 0 Å². The highest BCUT2D eigenvalue weighted by Crippen LogP contribution is 2.20. The summed E-state index contributed by atoms with van der Waals surface area (Å²) in [6, 6.07) is 11.5. The Kier molecular flexibility index (Phi) is 7.33. The number of nitrogens with one attached hydrogen (secondary N) is 2. The van der Waals surface area contributed by atoms with Gasteiger partial charge in [-0.15, -0.1) is 0 Å². The first-order chi connectivity index (χ1) is 11.2. The van der Waals surface area contributed by atoms with Gasteiger partial charge in [-0.1, -0.05) is 30.3 Å². The maximum atomic E-state index is 12.2. The highest BCUT2D eigenvalue weighted by Gasteiger charge is 2.29. The van der Waals surface area contributed by atoms with E-state index < -0.39 is 0 Å². The molecule has 4 nitrogen and oxygen atoms in total. The molecular formula is C18H29FN4. The van der Waals surface area contributed by atoms with Crippen molar-refractivity contribution in [1.29, 1.82) is 0 Å². The van der Waals surface area contributed by atoms with E-state index in [1.54, 1.807) is 0 Å². The molecule has 0 aromatic heterocycles. The van der Waals surface area contributed by atoms with Crippen molar-refractivity contribution in [3.8, 4) is 0 Å². The second kappa shape index (κ2) is 9.50. The number of halogens is 1. The summed E-state index contributed by atoms with van der Waals surface area (Å²) >= 11 is 0. The predicted molar refractivity (Wildman–Crippen MR) is 94.4 cm³/mol. The number of rotatable bonds is 7. The summed E-state index contributed by atoms with van der Waals surface area (Å²) in [4.78, 5) is 6.93. The van der Waals surface area contributed by atoms with Crippen LogP contribution in [0.4, 0.5) is 4.39 Å². The molecular weight excluding hydrogens is 291 g/mol. The Morgan fingerprint density at radius 3 is 2.83 bits per heavy atom. The first-order valence-corrected chi connectivity index (χ1v) is 8.61. The van der Waals surface area contributed by atoms with Crippen LogP contribution >= 0.6 is 0 Å². The van der Waals surface area contributed by atoms with Crippen LogP contribution in [0.2, 0.25) is 0 Å². The van der Waals surface area contributed by atoms with Gasteiger partial charge in [0.25, 0.3) is 0 Å². The van der Waals surface area contributed by atoms with E-state index in [9.17, 15) is 4.39 Å². The molecule has 0 saturated carbocycles. The third-order valence-corrected chi connectivity index (χ3v) is 4.18. The van der Waals surface area contributed by atoms with Crippen molar-refractivity contribution in [1.82, 2.24) is 15.5 Å². The van der Waals surface area contributed by atoms with Crippen molar-refractivity contribution in [2.75, 3.05) is 26.3 Å². The number of alkyl halides is 1. The van der Waals surface area contributed by atoms with E-state index >= 15 is 0 Å². The van der Waals surface area contributed by atoms with E-state index in [4.69, 9.17) is 0 Å². The highest BCUT2D eigenvalue weighted by molar-refractivity contribution is 5.80. The molecule has 0 bridgehead atoms. The number of benzene rings is 1. The third-order valence-electron chi connectivity index (χ3n) is 4.18. The van der Waals surface area contributed by atoms with Crippen LogP contribution in [0.1, 0.15) is 32.3 Å². The van der Waals surface area contributed by atoms with Crippen molar-refractivity contribution in [2.45, 2.75) is 45.3 Å². The molecule has 5 heteroatoms. The van der Waals surface area contributed by atoms with Gasteiger partial charge in [-0.25, -0.2) is 0 Å². The number of aliphatic imine (C=N–C) groups is 1. The first kappa shape index (κ1) is 17.7. The summed E-state index contributed by atoms with van der Waals surface area (Å²) in [5, 5.41) is 6.74. The lowest BCUT2D eigenvalue weighted by Crippen LogP contribution is -2.44. The Morgan fingerprint density at radius 2 is 2.13 bits per heavy atom. The van der Waals surface area contributed by atoms with Crippen LogP contribution in [0.5, 0.6) is 0 Å². The molecule has 1 saturated heterocycles. The lowest BCUT2D eigenvalue weighted by Gasteiger charge is -2.21. The zero-order chi connectivity index (χ0) is 16.5. The summed E-state index contributed by atoms with van der Waals surface area (Å²) in [7, 11) is 0. The maximum absolute atomic E-state index is 12.2. The number of nitrogens with zero attached hydrogens (tertiary/aromatic N) is 2. The second-order valence-electron chi connectivity index (χ2n) is 6.14. The number of hydrogen-bond donors (Lipinski definition) is 2. The molecule has 2 unspecified atom stereocenters. The summed E-state index contributed by atoms with van der Waals surface area (Å²) in [5.74, 6) is 0.805. The third kappa shape index (κ3) is 5.82. The van der Waals surface area contributed by atoms with E-state index in [0.717, 1.165) is 32.0 Å². The molecule has 1 aliphatic rings. The Bertz CT molecular complexity index is 477. The fraction of sp³-hybridized carbons (Fsp3) is 0.611. The molecule has 0 radical (unpaired) electrons. The average molecular weight is 320 g/mol. The van der Waals surface area contributed by atoms with Crippen molar-refractivity contribution in [3.63, 3.8) is 0 Å². The SMILES string of the molecule is CCNC(=NCCCF)NC1CC(C)N(Cc2ccccc2)C1. The monoisotopic (exact) mass is 320 g/mol. The van der Waals surface area contributed by atoms with E-state index in [0.29, 0.717) is 25.0 Å². The summed E-state index contributed by atoms with van der Waals surface area (Å²) in [5.41, 5.74) is 1.35. The van der Waals surface area contributed by atoms with Crippen LogP contribution in [0, 0.1) is 0 Å². The molecule has 2 rings (SSSR count). The summed E-state index contributed by atoms with van der Waals surface area (Å²) < 4.78 is 12.2. The number of likely N-dealkylation sites (tertiary alicyclic amines) is 1. The lowest BCUT2D eigenvalue weighted by atomic mass is 10.2. The number of hydrogen-bond acceptors (Lipinski definition) is 2. The van der Waals surface area contributed by atoms with Crippen molar-refractivity contribution in [3.05, 3.63) is 35.9 Å². The molecule has 128 valence electrons. The Morgan fingerprint density at radius 1 is 1.35 bits per heavy atom. The van der Waals surface area contributed by atoms with Crippen molar-refractivity contribution < 1.29 is 4.39 Å². The van der Waals surface area contributed by atoms with Gasteiger partial charge in [-0.3, -0.25) is 14.3 Å². The van der Waals surface area contributed by atoms with Crippen LogP contribution in [0.15, 0.2) is 35.3 Å². The van der Waals surface area contributed by atoms with E-state index in [1.807, 2.05) is 6.92 Å². The van der Waals surface area contributed by atoms with Crippen LogP contribution in [-0.4, -0.2) is 49.3 Å². The van der Waals surface area contributed by atoms with Gasteiger partial charge in [-0.05, 0) is 32.3 Å². The van der Waals surface area contributed by atoms with Crippen LogP contribution in [-0.2, 0) is 6.54 Å². The van der Waals surface area contributed by atoms with E-state index in [2.05, 4.69) is 57.8 Å². The summed E-state index contributed by atoms with van der Waals surface area (Å²) in [6.07, 6.45) is 1.58. The minimum Gasteiger partial charge on any atom is -0.357 e. The Balaban J connectivity index is 1.87. The van der Waals surface area contributed by atoms with Gasteiger partial charge in [0.2, 0.25) is 0 Å². The zero-order valence-corrected chi connectivity index (χ0v) is 14.3. The zero-order valence-electron chi connectivity index (χ0n) is 14.3. The fourth-order valence-corrected chi connectivity index (χ4v) is 3.01. The molecule has 1 aromatic carbocycles. The Hall–Kier alpha value is -1.62. The molecule has 2 N–H and O–H groups in total. The fourth-order valence-electron chi connectivity index (χ4n) is 3.01. The Labute approximate surface area is 139 Å². The van der Waals surface area contributed by atoms with Gasteiger partial charge in [0, 0.05) is 38.3 Å². The van der Waals surface area contributed by atoms with Gasteiger partial charge >= 0.3 is 0 Å². The standard InChI is InChI=1S/C18H29FN4/c1-3-20-18(21-11-7-10-19)22-17-12-15(2)23(14-17)13-16-8-5-4-6-9-16/h4-6,8-9,15,17H,3,7,10-14H2,1-2H3,(H2,20,21,22). The largest absolute Gasteiger partial charge is 0.357 e. The first-order valence-electron chi connectivity index (χ1n) is 8.61. The molecule has 0 aliphatic carbocycles. The summed E-state index contributed by atoms with van der Waals surface area (Å²) in [6.45, 7) is 7.34. The average Bonchev–Trinajstić information content (AvgIpc) is 2.88. The molecule has 1 fully saturated rings. The van der Waals surface area contributed by atoms with Gasteiger partial charge in [0.05, 0.1) is 6.67 Å². The van der Waals surface area contributed by atoms with Gasteiger partial charge in [-0.2, -0.15) is 0 Å². The molecule has 0 spiro atoms. The molecule has 0 amide bonds. The van der Waals surface area contributed by atoms with Gasteiger partial charge in [0.15, 0.2) is 5.96 Å². The highest BCUT2D eigenvalue weighted by atomic mass is 19.1. The van der Waals surface area contributed by atoms with E-state index in [1.165, 1.54) is 5.56 Å². The van der Waals surface area contributed by atoms with Crippen LogP contribution in [0.3, 0.4) is 0 Å². The van der Waals surface area contributed by atoms with Crippen molar-refractivity contribution >= 4 is 5.96 Å². The number of guanidine groups is 1. The quantitative estimate of drug-likeness (QED) is 0.461. The molecule has 1 aliphatic heterocycles. The minimum atomic E-state index is -0.311. The molecule has 1 aromatic rings. The maximum Gasteiger partial charge on any atom is 0.191 e. The molecule has 1 heterocycles.